The van der Waals surface area contributed by atoms with Crippen molar-refractivity contribution in [2.75, 3.05) is 12.3 Å². The first-order valence-electron chi connectivity index (χ1n) is 5.81. The van der Waals surface area contributed by atoms with E-state index in [4.69, 9.17) is 0 Å². The highest BCUT2D eigenvalue weighted by Crippen LogP contribution is 2.20. The first kappa shape index (κ1) is 14.1. The fourth-order valence-electron chi connectivity index (χ4n) is 1.31. The number of rotatable bonds is 6. The number of carbonyl (C=O) groups excluding carboxylic acids is 1. The lowest BCUT2D eigenvalue weighted by molar-refractivity contribution is -0.118. The SMILES string of the molecule is CCCNC(=O)CSc1ccc([C@@H](C)O)cc1. The number of aliphatic hydroxyl groups excluding tert-OH is 1. The molecule has 1 amide bonds. The summed E-state index contributed by atoms with van der Waals surface area (Å²) in [6.07, 6.45) is 0.515. The lowest BCUT2D eigenvalue weighted by Gasteiger charge is -2.06. The van der Waals surface area contributed by atoms with E-state index in [1.807, 2.05) is 31.2 Å². The van der Waals surface area contributed by atoms with Crippen LogP contribution in [-0.4, -0.2) is 23.3 Å². The zero-order chi connectivity index (χ0) is 12.7. The first-order chi connectivity index (χ1) is 8.13. The topological polar surface area (TPSA) is 49.3 Å². The van der Waals surface area contributed by atoms with Gasteiger partial charge in [0.2, 0.25) is 5.91 Å². The van der Waals surface area contributed by atoms with Gasteiger partial charge >= 0.3 is 0 Å². The predicted molar refractivity (Wildman–Crippen MR) is 71.1 cm³/mol. The van der Waals surface area contributed by atoms with Crippen molar-refractivity contribution < 1.29 is 9.90 Å². The van der Waals surface area contributed by atoms with Crippen molar-refractivity contribution in [1.29, 1.82) is 0 Å². The second-order valence-corrected chi connectivity index (χ2v) is 4.93. The van der Waals surface area contributed by atoms with Crippen molar-refractivity contribution in [3.63, 3.8) is 0 Å². The van der Waals surface area contributed by atoms with Gasteiger partial charge in [-0.1, -0.05) is 19.1 Å². The maximum Gasteiger partial charge on any atom is 0.230 e. The van der Waals surface area contributed by atoms with E-state index >= 15 is 0 Å². The van der Waals surface area contributed by atoms with Crippen molar-refractivity contribution in [1.82, 2.24) is 5.32 Å². The molecule has 3 nitrogen and oxygen atoms in total. The number of hydrogen-bond donors (Lipinski definition) is 2. The van der Waals surface area contributed by atoms with Crippen molar-refractivity contribution in [3.8, 4) is 0 Å². The highest BCUT2D eigenvalue weighted by molar-refractivity contribution is 8.00. The summed E-state index contributed by atoms with van der Waals surface area (Å²) in [6, 6.07) is 7.63. The van der Waals surface area contributed by atoms with Gasteiger partial charge in [-0.2, -0.15) is 0 Å². The van der Waals surface area contributed by atoms with Crippen LogP contribution in [0.4, 0.5) is 0 Å². The van der Waals surface area contributed by atoms with E-state index in [0.717, 1.165) is 23.4 Å². The van der Waals surface area contributed by atoms with Crippen LogP contribution in [0.15, 0.2) is 29.2 Å². The van der Waals surface area contributed by atoms with Gasteiger partial charge in [0, 0.05) is 11.4 Å². The number of benzene rings is 1. The van der Waals surface area contributed by atoms with E-state index in [-0.39, 0.29) is 5.91 Å². The van der Waals surface area contributed by atoms with Gasteiger partial charge in [0.05, 0.1) is 11.9 Å². The Balaban J connectivity index is 2.39. The highest BCUT2D eigenvalue weighted by Gasteiger charge is 2.03. The average molecular weight is 253 g/mol. The van der Waals surface area contributed by atoms with Gasteiger partial charge in [-0.3, -0.25) is 4.79 Å². The molecule has 17 heavy (non-hydrogen) atoms. The molecule has 1 aromatic rings. The number of carbonyl (C=O) groups is 1. The van der Waals surface area contributed by atoms with Gasteiger partial charge in [0.25, 0.3) is 0 Å². The Hall–Kier alpha value is -1.00. The van der Waals surface area contributed by atoms with E-state index in [1.54, 1.807) is 6.92 Å². The fourth-order valence-corrected chi connectivity index (χ4v) is 2.04. The molecule has 0 aliphatic carbocycles. The Kier molecular flexibility index (Phi) is 6.08. The molecule has 0 aliphatic rings. The Morgan fingerprint density at radius 3 is 2.59 bits per heavy atom. The molecule has 0 saturated carbocycles. The van der Waals surface area contributed by atoms with Crippen LogP contribution in [0.1, 0.15) is 31.9 Å². The van der Waals surface area contributed by atoms with Crippen molar-refractivity contribution in [2.24, 2.45) is 0 Å². The molecule has 0 spiro atoms. The molecule has 4 heteroatoms. The number of aliphatic hydroxyl groups is 1. The van der Waals surface area contributed by atoms with Gasteiger partial charge in [-0.25, -0.2) is 0 Å². The molecule has 2 N–H and O–H groups in total. The molecule has 94 valence electrons. The maximum absolute atomic E-state index is 11.4. The van der Waals surface area contributed by atoms with Crippen LogP contribution in [0.5, 0.6) is 0 Å². The number of thioether (sulfide) groups is 1. The molecule has 1 atom stereocenters. The van der Waals surface area contributed by atoms with E-state index in [9.17, 15) is 9.90 Å². The zero-order valence-corrected chi connectivity index (χ0v) is 11.1. The van der Waals surface area contributed by atoms with Crippen LogP contribution in [0.3, 0.4) is 0 Å². The number of hydrogen-bond acceptors (Lipinski definition) is 3. The largest absolute Gasteiger partial charge is 0.389 e. The molecule has 0 aromatic heterocycles. The van der Waals surface area contributed by atoms with E-state index in [2.05, 4.69) is 5.32 Å². The lowest BCUT2D eigenvalue weighted by atomic mass is 10.1. The molecule has 1 rings (SSSR count). The first-order valence-corrected chi connectivity index (χ1v) is 6.79. The van der Waals surface area contributed by atoms with Gasteiger partial charge in [0.15, 0.2) is 0 Å². The summed E-state index contributed by atoms with van der Waals surface area (Å²) < 4.78 is 0. The Morgan fingerprint density at radius 2 is 2.06 bits per heavy atom. The van der Waals surface area contributed by atoms with Crippen LogP contribution in [0.2, 0.25) is 0 Å². The van der Waals surface area contributed by atoms with Gasteiger partial charge in [0.1, 0.15) is 0 Å². The monoisotopic (exact) mass is 253 g/mol. The second kappa shape index (κ2) is 7.35. The minimum atomic E-state index is -0.443. The Labute approximate surface area is 107 Å². The van der Waals surface area contributed by atoms with Crippen LogP contribution >= 0.6 is 11.8 Å². The molecule has 0 unspecified atom stereocenters. The molecular weight excluding hydrogens is 234 g/mol. The molecular formula is C13H19NO2S. The Morgan fingerprint density at radius 1 is 1.41 bits per heavy atom. The summed E-state index contributed by atoms with van der Waals surface area (Å²) in [7, 11) is 0. The van der Waals surface area contributed by atoms with Gasteiger partial charge < -0.3 is 10.4 Å². The van der Waals surface area contributed by atoms with Crippen molar-refractivity contribution in [3.05, 3.63) is 29.8 Å². The summed E-state index contributed by atoms with van der Waals surface area (Å²) in [5.74, 6) is 0.505. The quantitative estimate of drug-likeness (QED) is 0.765. The smallest absolute Gasteiger partial charge is 0.230 e. The third-order valence-electron chi connectivity index (χ3n) is 2.30. The average Bonchev–Trinajstić information content (AvgIpc) is 2.34. The molecule has 0 heterocycles. The van der Waals surface area contributed by atoms with Crippen molar-refractivity contribution in [2.45, 2.75) is 31.3 Å². The van der Waals surface area contributed by atoms with Crippen molar-refractivity contribution >= 4 is 17.7 Å². The van der Waals surface area contributed by atoms with Crippen LogP contribution in [-0.2, 0) is 4.79 Å². The van der Waals surface area contributed by atoms with Gasteiger partial charge in [-0.15, -0.1) is 11.8 Å². The Bertz CT molecular complexity index is 349. The molecule has 1 aromatic carbocycles. The van der Waals surface area contributed by atoms with E-state index in [1.165, 1.54) is 11.8 Å². The standard InChI is InChI=1S/C13H19NO2S/c1-3-8-14-13(16)9-17-12-6-4-11(5-7-12)10(2)15/h4-7,10,15H,3,8-9H2,1-2H3,(H,14,16)/t10-/m1/s1. The van der Waals surface area contributed by atoms with E-state index < -0.39 is 6.10 Å². The molecule has 0 fully saturated rings. The van der Waals surface area contributed by atoms with Crippen LogP contribution in [0, 0.1) is 0 Å². The van der Waals surface area contributed by atoms with Gasteiger partial charge in [-0.05, 0) is 31.0 Å². The van der Waals surface area contributed by atoms with Crippen LogP contribution in [0.25, 0.3) is 0 Å². The predicted octanol–water partition coefficient (Wildman–Crippen LogP) is 2.36. The summed E-state index contributed by atoms with van der Waals surface area (Å²) >= 11 is 1.51. The molecule has 0 saturated heterocycles. The minimum absolute atomic E-state index is 0.0662. The number of nitrogens with one attached hydrogen (secondary N) is 1. The zero-order valence-electron chi connectivity index (χ0n) is 10.3. The second-order valence-electron chi connectivity index (χ2n) is 3.88. The van der Waals surface area contributed by atoms with E-state index in [0.29, 0.717) is 5.75 Å². The summed E-state index contributed by atoms with van der Waals surface area (Å²) in [4.78, 5) is 12.4. The number of amides is 1. The van der Waals surface area contributed by atoms with Crippen LogP contribution < -0.4 is 5.32 Å². The normalized spacial score (nSPS) is 12.2. The maximum atomic E-state index is 11.4. The minimum Gasteiger partial charge on any atom is -0.389 e. The third-order valence-corrected chi connectivity index (χ3v) is 3.32. The molecule has 0 aliphatic heterocycles. The summed E-state index contributed by atoms with van der Waals surface area (Å²) in [5.41, 5.74) is 0.893. The third kappa shape index (κ3) is 5.24. The summed E-state index contributed by atoms with van der Waals surface area (Å²) in [5, 5.41) is 12.2. The highest BCUT2D eigenvalue weighted by atomic mass is 32.2. The fraction of sp³-hybridized carbons (Fsp3) is 0.462. The summed E-state index contributed by atoms with van der Waals surface area (Å²) in [6.45, 7) is 4.50. The lowest BCUT2D eigenvalue weighted by Crippen LogP contribution is -2.25. The molecule has 0 bridgehead atoms. The molecule has 0 radical (unpaired) electrons.